The lowest BCUT2D eigenvalue weighted by Crippen LogP contribution is -2.25. The Morgan fingerprint density at radius 1 is 1.30 bits per heavy atom. The molecule has 2 N–H and O–H groups in total. The standard InChI is InChI=1S/C16H21N3O/c1-20-15-9-5-4-8-14(15)16-12(11-18-19-16)10-17-13-6-2-3-7-13/h4-5,8-9,11,13,17H,2-3,6-7,10H2,1H3,(H,18,19). The molecule has 0 atom stereocenters. The fraction of sp³-hybridized carbons (Fsp3) is 0.438. The Balaban J connectivity index is 1.78. The lowest BCUT2D eigenvalue weighted by molar-refractivity contribution is 0.416. The van der Waals surface area contributed by atoms with Gasteiger partial charge in [0.25, 0.3) is 0 Å². The Bertz CT molecular complexity index is 558. The highest BCUT2D eigenvalue weighted by Crippen LogP contribution is 2.30. The van der Waals surface area contributed by atoms with Gasteiger partial charge in [0, 0.05) is 23.7 Å². The molecule has 0 radical (unpaired) electrons. The van der Waals surface area contributed by atoms with Crippen molar-refractivity contribution in [2.75, 3.05) is 7.11 Å². The lowest BCUT2D eigenvalue weighted by atomic mass is 10.1. The molecule has 0 aliphatic heterocycles. The van der Waals surface area contributed by atoms with Crippen LogP contribution < -0.4 is 10.1 Å². The Kier molecular flexibility index (Phi) is 4.02. The van der Waals surface area contributed by atoms with Gasteiger partial charge in [-0.25, -0.2) is 0 Å². The van der Waals surface area contributed by atoms with Gasteiger partial charge in [0.2, 0.25) is 0 Å². The van der Waals surface area contributed by atoms with Crippen LogP contribution in [0, 0.1) is 0 Å². The van der Waals surface area contributed by atoms with E-state index in [9.17, 15) is 0 Å². The number of nitrogens with zero attached hydrogens (tertiary/aromatic N) is 1. The molecule has 20 heavy (non-hydrogen) atoms. The largest absolute Gasteiger partial charge is 0.496 e. The average Bonchev–Trinajstić information content (AvgIpc) is 3.16. The molecular formula is C16H21N3O. The number of hydrogen-bond acceptors (Lipinski definition) is 3. The molecule has 1 heterocycles. The monoisotopic (exact) mass is 271 g/mol. The van der Waals surface area contributed by atoms with Crippen LogP contribution in [-0.2, 0) is 6.54 Å². The summed E-state index contributed by atoms with van der Waals surface area (Å²) in [6.45, 7) is 0.856. The maximum atomic E-state index is 5.43. The van der Waals surface area contributed by atoms with Gasteiger partial charge >= 0.3 is 0 Å². The van der Waals surface area contributed by atoms with E-state index >= 15 is 0 Å². The number of para-hydroxylation sites is 1. The van der Waals surface area contributed by atoms with Crippen molar-refractivity contribution < 1.29 is 4.74 Å². The van der Waals surface area contributed by atoms with Crippen LogP contribution in [0.5, 0.6) is 5.75 Å². The first kappa shape index (κ1) is 13.2. The van der Waals surface area contributed by atoms with E-state index in [1.807, 2.05) is 24.4 Å². The van der Waals surface area contributed by atoms with Crippen LogP contribution in [0.1, 0.15) is 31.2 Å². The van der Waals surface area contributed by atoms with Crippen LogP contribution >= 0.6 is 0 Å². The number of aromatic amines is 1. The zero-order valence-corrected chi connectivity index (χ0v) is 11.9. The van der Waals surface area contributed by atoms with Gasteiger partial charge in [-0.2, -0.15) is 5.10 Å². The van der Waals surface area contributed by atoms with Crippen molar-refractivity contribution in [1.82, 2.24) is 15.5 Å². The first-order valence-corrected chi connectivity index (χ1v) is 7.27. The maximum Gasteiger partial charge on any atom is 0.128 e. The zero-order valence-electron chi connectivity index (χ0n) is 11.9. The molecule has 1 aromatic carbocycles. The predicted molar refractivity (Wildman–Crippen MR) is 79.7 cm³/mol. The fourth-order valence-electron chi connectivity index (χ4n) is 2.91. The summed E-state index contributed by atoms with van der Waals surface area (Å²) in [5, 5.41) is 10.9. The number of ether oxygens (including phenoxy) is 1. The number of H-pyrrole nitrogens is 1. The summed E-state index contributed by atoms with van der Waals surface area (Å²) in [7, 11) is 1.70. The normalized spacial score (nSPS) is 15.7. The summed E-state index contributed by atoms with van der Waals surface area (Å²) in [5.74, 6) is 0.874. The number of benzene rings is 1. The summed E-state index contributed by atoms with van der Waals surface area (Å²) in [6.07, 6.45) is 7.19. The quantitative estimate of drug-likeness (QED) is 0.878. The second-order valence-corrected chi connectivity index (χ2v) is 5.33. The molecule has 0 bridgehead atoms. The summed E-state index contributed by atoms with van der Waals surface area (Å²) < 4.78 is 5.43. The molecule has 4 nitrogen and oxygen atoms in total. The Morgan fingerprint density at radius 3 is 2.90 bits per heavy atom. The van der Waals surface area contributed by atoms with Crippen molar-refractivity contribution in [3.8, 4) is 17.0 Å². The van der Waals surface area contributed by atoms with Crippen LogP contribution in [0.15, 0.2) is 30.5 Å². The van der Waals surface area contributed by atoms with Crippen molar-refractivity contribution in [1.29, 1.82) is 0 Å². The highest BCUT2D eigenvalue weighted by Gasteiger charge is 2.16. The minimum Gasteiger partial charge on any atom is -0.496 e. The molecule has 1 saturated carbocycles. The highest BCUT2D eigenvalue weighted by molar-refractivity contribution is 5.69. The topological polar surface area (TPSA) is 49.9 Å². The molecule has 0 saturated heterocycles. The van der Waals surface area contributed by atoms with E-state index in [0.29, 0.717) is 6.04 Å². The smallest absolute Gasteiger partial charge is 0.128 e. The maximum absolute atomic E-state index is 5.43. The van der Waals surface area contributed by atoms with Crippen LogP contribution in [0.4, 0.5) is 0 Å². The van der Waals surface area contributed by atoms with E-state index in [1.54, 1.807) is 7.11 Å². The molecule has 1 fully saturated rings. The van der Waals surface area contributed by atoms with Gasteiger partial charge in [-0.05, 0) is 25.0 Å². The molecule has 106 valence electrons. The lowest BCUT2D eigenvalue weighted by Gasteiger charge is -2.12. The van der Waals surface area contributed by atoms with Gasteiger partial charge in [-0.3, -0.25) is 5.10 Å². The summed E-state index contributed by atoms with van der Waals surface area (Å²) in [6, 6.07) is 8.70. The fourth-order valence-corrected chi connectivity index (χ4v) is 2.91. The molecule has 0 unspecified atom stereocenters. The van der Waals surface area contributed by atoms with Gasteiger partial charge < -0.3 is 10.1 Å². The van der Waals surface area contributed by atoms with E-state index in [1.165, 1.54) is 31.2 Å². The average molecular weight is 271 g/mol. The number of nitrogens with one attached hydrogen (secondary N) is 2. The van der Waals surface area contributed by atoms with Gasteiger partial charge in [0.15, 0.2) is 0 Å². The molecule has 2 aromatic rings. The number of methoxy groups -OCH3 is 1. The summed E-state index contributed by atoms with van der Waals surface area (Å²) >= 11 is 0. The van der Waals surface area contributed by atoms with Crippen LogP contribution in [0.25, 0.3) is 11.3 Å². The second kappa shape index (κ2) is 6.09. The van der Waals surface area contributed by atoms with Gasteiger partial charge in [-0.1, -0.05) is 25.0 Å². The molecular weight excluding hydrogens is 250 g/mol. The van der Waals surface area contributed by atoms with E-state index in [-0.39, 0.29) is 0 Å². The van der Waals surface area contributed by atoms with Crippen LogP contribution in [0.3, 0.4) is 0 Å². The summed E-state index contributed by atoms with van der Waals surface area (Å²) in [4.78, 5) is 0. The molecule has 1 aliphatic carbocycles. The number of aromatic nitrogens is 2. The minimum absolute atomic E-state index is 0.662. The molecule has 4 heteroatoms. The molecule has 1 aliphatic rings. The summed E-state index contributed by atoms with van der Waals surface area (Å²) in [5.41, 5.74) is 3.31. The molecule has 0 amide bonds. The van der Waals surface area contributed by atoms with Gasteiger partial charge in [0.1, 0.15) is 5.75 Å². The highest BCUT2D eigenvalue weighted by atomic mass is 16.5. The number of rotatable bonds is 5. The third-order valence-electron chi connectivity index (χ3n) is 4.03. The van der Waals surface area contributed by atoms with Crippen molar-refractivity contribution in [3.05, 3.63) is 36.0 Å². The third kappa shape index (κ3) is 2.70. The van der Waals surface area contributed by atoms with Crippen molar-refractivity contribution in [2.45, 2.75) is 38.3 Å². The SMILES string of the molecule is COc1ccccc1-c1[nH]ncc1CNC1CCCC1. The van der Waals surface area contributed by atoms with Gasteiger partial charge in [0.05, 0.1) is 19.0 Å². The third-order valence-corrected chi connectivity index (χ3v) is 4.03. The van der Waals surface area contributed by atoms with E-state index in [2.05, 4.69) is 21.6 Å². The molecule has 1 aromatic heterocycles. The first-order chi connectivity index (χ1) is 9.88. The minimum atomic E-state index is 0.662. The van der Waals surface area contributed by atoms with Crippen molar-refractivity contribution >= 4 is 0 Å². The van der Waals surface area contributed by atoms with Crippen LogP contribution in [-0.4, -0.2) is 23.3 Å². The van der Waals surface area contributed by atoms with E-state index in [4.69, 9.17) is 4.74 Å². The molecule has 0 spiro atoms. The van der Waals surface area contributed by atoms with Crippen molar-refractivity contribution in [3.63, 3.8) is 0 Å². The Morgan fingerprint density at radius 2 is 2.10 bits per heavy atom. The van der Waals surface area contributed by atoms with Crippen molar-refractivity contribution in [2.24, 2.45) is 0 Å². The predicted octanol–water partition coefficient (Wildman–Crippen LogP) is 3.12. The second-order valence-electron chi connectivity index (χ2n) is 5.33. The van der Waals surface area contributed by atoms with E-state index in [0.717, 1.165) is 23.6 Å². The zero-order chi connectivity index (χ0) is 13.8. The Hall–Kier alpha value is -1.81. The van der Waals surface area contributed by atoms with Gasteiger partial charge in [-0.15, -0.1) is 0 Å². The molecule has 3 rings (SSSR count). The number of hydrogen-bond donors (Lipinski definition) is 2. The van der Waals surface area contributed by atoms with Crippen LogP contribution in [0.2, 0.25) is 0 Å². The first-order valence-electron chi connectivity index (χ1n) is 7.27. The van der Waals surface area contributed by atoms with E-state index < -0.39 is 0 Å². The Labute approximate surface area is 119 Å².